The zero-order chi connectivity index (χ0) is 12.5. The number of benzene rings is 1. The highest BCUT2D eigenvalue weighted by atomic mass is 15.1. The third kappa shape index (κ3) is 1.95. The van der Waals surface area contributed by atoms with E-state index in [1.54, 1.807) is 0 Å². The summed E-state index contributed by atoms with van der Waals surface area (Å²) in [6, 6.07) is 9.44. The highest BCUT2D eigenvalue weighted by Crippen LogP contribution is 2.28. The molecule has 94 valence electrons. The first-order valence-electron chi connectivity index (χ1n) is 6.61. The van der Waals surface area contributed by atoms with Crippen LogP contribution in [0.4, 0.5) is 0 Å². The maximum absolute atomic E-state index is 4.26. The smallest absolute Gasteiger partial charge is 0.0672 e. The van der Waals surface area contributed by atoms with Crippen molar-refractivity contribution < 1.29 is 0 Å². The van der Waals surface area contributed by atoms with Gasteiger partial charge in [-0.05, 0) is 44.4 Å². The van der Waals surface area contributed by atoms with Crippen molar-refractivity contribution in [3.05, 3.63) is 41.2 Å². The van der Waals surface area contributed by atoms with Gasteiger partial charge in [-0.15, -0.1) is 0 Å². The predicted molar refractivity (Wildman–Crippen MR) is 73.5 cm³/mol. The molecule has 0 radical (unpaired) electrons. The number of aromatic amines is 1. The van der Waals surface area contributed by atoms with Crippen LogP contribution < -0.4 is 5.32 Å². The Morgan fingerprint density at radius 2 is 1.94 bits per heavy atom. The topological polar surface area (TPSA) is 40.7 Å². The molecule has 18 heavy (non-hydrogen) atoms. The first-order chi connectivity index (χ1) is 8.75. The van der Waals surface area contributed by atoms with Gasteiger partial charge in [-0.2, -0.15) is 5.10 Å². The molecular weight excluding hydrogens is 222 g/mol. The molecule has 1 fully saturated rings. The summed E-state index contributed by atoms with van der Waals surface area (Å²) >= 11 is 0. The van der Waals surface area contributed by atoms with Crippen molar-refractivity contribution in [1.82, 2.24) is 15.5 Å². The molecule has 2 heterocycles. The van der Waals surface area contributed by atoms with E-state index in [0.29, 0.717) is 6.04 Å². The number of aryl methyl sites for hydroxylation is 2. The minimum Gasteiger partial charge on any atom is -0.310 e. The van der Waals surface area contributed by atoms with Crippen molar-refractivity contribution in [1.29, 1.82) is 0 Å². The number of hydrogen-bond donors (Lipinski definition) is 2. The molecule has 0 saturated carbocycles. The monoisotopic (exact) mass is 241 g/mol. The molecule has 0 spiro atoms. The molecular formula is C15H19N3. The van der Waals surface area contributed by atoms with E-state index in [2.05, 4.69) is 46.7 Å². The van der Waals surface area contributed by atoms with Gasteiger partial charge in [-0.3, -0.25) is 5.10 Å². The molecule has 0 aliphatic carbocycles. The lowest BCUT2D eigenvalue weighted by atomic mass is 9.99. The lowest BCUT2D eigenvalue weighted by Gasteiger charge is -2.11. The fourth-order valence-corrected chi connectivity index (χ4v) is 2.83. The van der Waals surface area contributed by atoms with E-state index in [-0.39, 0.29) is 0 Å². The molecule has 1 aliphatic heterocycles. The van der Waals surface area contributed by atoms with Crippen LogP contribution in [0, 0.1) is 13.8 Å². The van der Waals surface area contributed by atoms with Crippen molar-refractivity contribution in [3.8, 4) is 11.1 Å². The van der Waals surface area contributed by atoms with Crippen LogP contribution in [0.25, 0.3) is 11.1 Å². The maximum Gasteiger partial charge on any atom is 0.0672 e. The predicted octanol–water partition coefficient (Wildman–Crippen LogP) is 3.12. The molecule has 3 rings (SSSR count). The van der Waals surface area contributed by atoms with Gasteiger partial charge in [-0.1, -0.05) is 24.3 Å². The Labute approximate surface area is 108 Å². The molecule has 1 aromatic carbocycles. The number of hydrogen-bond acceptors (Lipinski definition) is 2. The largest absolute Gasteiger partial charge is 0.310 e. The first-order valence-corrected chi connectivity index (χ1v) is 6.61. The van der Waals surface area contributed by atoms with Crippen molar-refractivity contribution in [2.45, 2.75) is 32.7 Å². The van der Waals surface area contributed by atoms with Gasteiger partial charge in [0.2, 0.25) is 0 Å². The average molecular weight is 241 g/mol. The fraction of sp³-hybridized carbons (Fsp3) is 0.400. The van der Waals surface area contributed by atoms with Gasteiger partial charge in [0.25, 0.3) is 0 Å². The quantitative estimate of drug-likeness (QED) is 0.848. The summed E-state index contributed by atoms with van der Waals surface area (Å²) in [6.45, 7) is 5.26. The Kier molecular flexibility index (Phi) is 2.92. The van der Waals surface area contributed by atoms with E-state index in [1.165, 1.54) is 29.5 Å². The summed E-state index contributed by atoms with van der Waals surface area (Å²) in [5.74, 6) is 0. The van der Waals surface area contributed by atoms with Crippen LogP contribution in [0.2, 0.25) is 0 Å². The standard InChI is InChI=1S/C15H19N3/c1-10-15(11(2)18-17-10)13-7-5-12(6-8-13)14-4-3-9-16-14/h5-8,14,16H,3-4,9H2,1-2H3,(H,17,18). The van der Waals surface area contributed by atoms with E-state index >= 15 is 0 Å². The molecule has 0 bridgehead atoms. The number of nitrogens with zero attached hydrogens (tertiary/aromatic N) is 1. The van der Waals surface area contributed by atoms with Gasteiger partial charge >= 0.3 is 0 Å². The van der Waals surface area contributed by atoms with Gasteiger partial charge in [0.05, 0.1) is 5.69 Å². The third-order valence-electron chi connectivity index (χ3n) is 3.79. The van der Waals surface area contributed by atoms with Crippen molar-refractivity contribution in [2.75, 3.05) is 6.54 Å². The summed E-state index contributed by atoms with van der Waals surface area (Å²) in [5, 5.41) is 10.8. The molecule has 1 atom stereocenters. The first kappa shape index (κ1) is 11.5. The third-order valence-corrected chi connectivity index (χ3v) is 3.79. The fourth-order valence-electron chi connectivity index (χ4n) is 2.83. The highest BCUT2D eigenvalue weighted by Gasteiger charge is 2.16. The Morgan fingerprint density at radius 1 is 1.17 bits per heavy atom. The maximum atomic E-state index is 4.26. The van der Waals surface area contributed by atoms with E-state index in [0.717, 1.165) is 17.9 Å². The van der Waals surface area contributed by atoms with Gasteiger partial charge < -0.3 is 5.32 Å². The molecule has 2 aromatic rings. The Bertz CT molecular complexity index is 514. The van der Waals surface area contributed by atoms with Crippen LogP contribution in [0.5, 0.6) is 0 Å². The van der Waals surface area contributed by atoms with Crippen LogP contribution in [-0.2, 0) is 0 Å². The van der Waals surface area contributed by atoms with E-state index < -0.39 is 0 Å². The van der Waals surface area contributed by atoms with Crippen LogP contribution in [0.15, 0.2) is 24.3 Å². The zero-order valence-corrected chi connectivity index (χ0v) is 11.0. The Morgan fingerprint density at radius 3 is 2.50 bits per heavy atom. The zero-order valence-electron chi connectivity index (χ0n) is 11.0. The van der Waals surface area contributed by atoms with Gasteiger partial charge in [-0.25, -0.2) is 0 Å². The van der Waals surface area contributed by atoms with Gasteiger partial charge in [0.1, 0.15) is 0 Å². The number of nitrogens with one attached hydrogen (secondary N) is 2. The van der Waals surface area contributed by atoms with Crippen LogP contribution >= 0.6 is 0 Å². The number of rotatable bonds is 2. The van der Waals surface area contributed by atoms with E-state index in [9.17, 15) is 0 Å². The molecule has 3 nitrogen and oxygen atoms in total. The van der Waals surface area contributed by atoms with E-state index in [1.807, 2.05) is 6.92 Å². The van der Waals surface area contributed by atoms with Crippen LogP contribution in [0.1, 0.15) is 35.8 Å². The van der Waals surface area contributed by atoms with Gasteiger partial charge in [0.15, 0.2) is 0 Å². The summed E-state index contributed by atoms with van der Waals surface area (Å²) in [6.07, 6.45) is 2.54. The summed E-state index contributed by atoms with van der Waals surface area (Å²) in [7, 11) is 0. The lowest BCUT2D eigenvalue weighted by Crippen LogP contribution is -2.12. The van der Waals surface area contributed by atoms with Crippen LogP contribution in [-0.4, -0.2) is 16.7 Å². The van der Waals surface area contributed by atoms with Crippen LogP contribution in [0.3, 0.4) is 0 Å². The number of aromatic nitrogens is 2. The molecule has 2 N–H and O–H groups in total. The molecule has 1 saturated heterocycles. The van der Waals surface area contributed by atoms with Crippen molar-refractivity contribution in [2.24, 2.45) is 0 Å². The Balaban J connectivity index is 1.91. The molecule has 0 amide bonds. The van der Waals surface area contributed by atoms with Crippen molar-refractivity contribution >= 4 is 0 Å². The number of H-pyrrole nitrogens is 1. The minimum absolute atomic E-state index is 0.547. The van der Waals surface area contributed by atoms with Crippen molar-refractivity contribution in [3.63, 3.8) is 0 Å². The summed E-state index contributed by atoms with van der Waals surface area (Å²) < 4.78 is 0. The summed E-state index contributed by atoms with van der Waals surface area (Å²) in [5.41, 5.74) is 6.09. The Hall–Kier alpha value is -1.61. The lowest BCUT2D eigenvalue weighted by molar-refractivity contribution is 0.648. The minimum atomic E-state index is 0.547. The molecule has 1 unspecified atom stereocenters. The highest BCUT2D eigenvalue weighted by molar-refractivity contribution is 5.68. The summed E-state index contributed by atoms with van der Waals surface area (Å²) in [4.78, 5) is 0. The molecule has 1 aliphatic rings. The second-order valence-electron chi connectivity index (χ2n) is 5.08. The molecule has 3 heteroatoms. The normalized spacial score (nSPS) is 19.3. The van der Waals surface area contributed by atoms with Gasteiger partial charge in [0, 0.05) is 17.3 Å². The second kappa shape index (κ2) is 4.58. The SMILES string of the molecule is Cc1n[nH]c(C)c1-c1ccc(C2CCCN2)cc1. The second-order valence-corrected chi connectivity index (χ2v) is 5.08. The van der Waals surface area contributed by atoms with E-state index in [4.69, 9.17) is 0 Å². The average Bonchev–Trinajstić information content (AvgIpc) is 3.01. The molecule has 1 aromatic heterocycles.